The molecular formula is C33H46N2O4. The molecule has 1 fully saturated rings. The Morgan fingerprint density at radius 1 is 0.923 bits per heavy atom. The third kappa shape index (κ3) is 10.8. The number of nitrogen functional groups attached to an aromatic ring is 2. The van der Waals surface area contributed by atoms with Crippen LogP contribution in [0.5, 0.6) is 5.75 Å². The van der Waals surface area contributed by atoms with Gasteiger partial charge in [-0.1, -0.05) is 70.9 Å². The normalized spacial score (nSPS) is 18.1. The van der Waals surface area contributed by atoms with E-state index in [9.17, 15) is 9.59 Å². The number of carbonyl (C=O) groups excluding carboxylic acids is 2. The molecule has 3 rings (SSSR count). The first-order valence-electron chi connectivity index (χ1n) is 14.7. The zero-order valence-corrected chi connectivity index (χ0v) is 23.7. The van der Waals surface area contributed by atoms with Crippen LogP contribution in [0.25, 0.3) is 6.08 Å². The van der Waals surface area contributed by atoms with Crippen LogP contribution in [0.4, 0.5) is 11.4 Å². The van der Waals surface area contributed by atoms with Gasteiger partial charge in [0.25, 0.3) is 0 Å². The van der Waals surface area contributed by atoms with Crippen LogP contribution >= 0.6 is 0 Å². The number of nitrogens with two attached hydrogens (primary N) is 2. The molecule has 1 saturated carbocycles. The quantitative estimate of drug-likeness (QED) is 0.0847. The topological polar surface area (TPSA) is 105 Å². The highest BCUT2D eigenvalue weighted by Gasteiger charge is 2.27. The van der Waals surface area contributed by atoms with E-state index in [0.29, 0.717) is 17.1 Å². The van der Waals surface area contributed by atoms with Gasteiger partial charge in [-0.15, -0.1) is 0 Å². The van der Waals surface area contributed by atoms with E-state index in [2.05, 4.69) is 6.92 Å². The van der Waals surface area contributed by atoms with Gasteiger partial charge in [0.05, 0.1) is 12.5 Å². The second kappa shape index (κ2) is 16.0. The van der Waals surface area contributed by atoms with E-state index < -0.39 is 5.97 Å². The van der Waals surface area contributed by atoms with Crippen molar-refractivity contribution < 1.29 is 19.1 Å². The molecular weight excluding hydrogens is 488 g/mol. The molecule has 39 heavy (non-hydrogen) atoms. The summed E-state index contributed by atoms with van der Waals surface area (Å²) in [5, 5.41) is 0. The number of ether oxygens (including phenoxy) is 2. The van der Waals surface area contributed by atoms with Gasteiger partial charge in [0.2, 0.25) is 0 Å². The molecule has 0 radical (unpaired) electrons. The van der Waals surface area contributed by atoms with Gasteiger partial charge in [-0.3, -0.25) is 4.79 Å². The van der Waals surface area contributed by atoms with Crippen molar-refractivity contribution in [1.82, 2.24) is 0 Å². The van der Waals surface area contributed by atoms with Gasteiger partial charge in [-0.25, -0.2) is 4.79 Å². The van der Waals surface area contributed by atoms with Gasteiger partial charge >= 0.3 is 11.9 Å². The summed E-state index contributed by atoms with van der Waals surface area (Å²) in [4.78, 5) is 24.9. The highest BCUT2D eigenvalue weighted by molar-refractivity contribution is 5.87. The molecule has 0 aliphatic heterocycles. The van der Waals surface area contributed by atoms with Gasteiger partial charge in [0, 0.05) is 23.4 Å². The zero-order valence-electron chi connectivity index (χ0n) is 23.7. The van der Waals surface area contributed by atoms with Crippen molar-refractivity contribution in [1.29, 1.82) is 0 Å². The molecule has 2 aromatic carbocycles. The van der Waals surface area contributed by atoms with Crippen LogP contribution in [0.3, 0.4) is 0 Å². The molecule has 0 saturated heterocycles. The van der Waals surface area contributed by atoms with E-state index in [1.807, 2.05) is 31.2 Å². The molecule has 1 atom stereocenters. The predicted molar refractivity (Wildman–Crippen MR) is 159 cm³/mol. The first-order chi connectivity index (χ1) is 18.8. The number of hydrogen-bond donors (Lipinski definition) is 2. The number of rotatable bonds is 14. The summed E-state index contributed by atoms with van der Waals surface area (Å²) in [6.45, 7) is 4.43. The lowest BCUT2D eigenvalue weighted by atomic mass is 9.80. The minimum atomic E-state index is -0.429. The van der Waals surface area contributed by atoms with Gasteiger partial charge in [0.15, 0.2) is 0 Å². The first-order valence-corrected chi connectivity index (χ1v) is 14.7. The van der Waals surface area contributed by atoms with Gasteiger partial charge in [-0.2, -0.15) is 0 Å². The van der Waals surface area contributed by atoms with Crippen molar-refractivity contribution in [3.05, 3.63) is 59.7 Å². The fraction of sp³-hybridized carbons (Fsp3) is 0.515. The summed E-state index contributed by atoms with van der Waals surface area (Å²) in [5.74, 6) is 0.697. The minimum Gasteiger partial charge on any atom is -0.462 e. The Hall–Kier alpha value is -3.28. The fourth-order valence-electron chi connectivity index (χ4n) is 5.25. The van der Waals surface area contributed by atoms with E-state index in [1.165, 1.54) is 51.0 Å². The van der Waals surface area contributed by atoms with Crippen molar-refractivity contribution in [3.63, 3.8) is 0 Å². The number of unbranched alkanes of at least 4 members (excludes halogenated alkanes) is 5. The lowest BCUT2D eigenvalue weighted by Gasteiger charge is -2.27. The van der Waals surface area contributed by atoms with Crippen LogP contribution in [-0.4, -0.2) is 18.5 Å². The predicted octanol–water partition coefficient (Wildman–Crippen LogP) is 7.67. The van der Waals surface area contributed by atoms with Crippen molar-refractivity contribution in [2.24, 2.45) is 11.8 Å². The van der Waals surface area contributed by atoms with Crippen molar-refractivity contribution in [3.8, 4) is 5.75 Å². The van der Waals surface area contributed by atoms with Gasteiger partial charge < -0.3 is 20.9 Å². The maximum Gasteiger partial charge on any atom is 0.330 e. The Balaban J connectivity index is 1.35. The van der Waals surface area contributed by atoms with E-state index in [0.717, 1.165) is 42.7 Å². The SMILES string of the molecule is CCCCCCCCC1CCC(C(=O)Oc2ccc(/C=C/C(=O)OCC(C)c3cc(N)cc(N)c3)cc2)CC1. The van der Waals surface area contributed by atoms with Crippen molar-refractivity contribution >= 4 is 29.4 Å². The van der Waals surface area contributed by atoms with Crippen LogP contribution in [0.1, 0.15) is 102 Å². The molecule has 0 amide bonds. The number of hydrogen-bond acceptors (Lipinski definition) is 6. The number of anilines is 2. The molecule has 4 N–H and O–H groups in total. The van der Waals surface area contributed by atoms with E-state index in [-0.39, 0.29) is 24.4 Å². The molecule has 212 valence electrons. The molecule has 6 nitrogen and oxygen atoms in total. The molecule has 0 aromatic heterocycles. The second-order valence-corrected chi connectivity index (χ2v) is 11.1. The van der Waals surface area contributed by atoms with Gasteiger partial charge in [-0.05, 0) is 79.1 Å². The lowest BCUT2D eigenvalue weighted by Crippen LogP contribution is -2.25. The van der Waals surface area contributed by atoms with Crippen molar-refractivity contribution in [2.75, 3.05) is 18.1 Å². The van der Waals surface area contributed by atoms with Gasteiger partial charge in [0.1, 0.15) is 5.75 Å². The van der Waals surface area contributed by atoms with E-state index >= 15 is 0 Å². The third-order valence-electron chi connectivity index (χ3n) is 7.70. The standard InChI is InChI=1S/C33H46N2O4/c1-3-4-5-6-7-8-9-25-10-15-27(16-11-25)33(37)39-31-17-12-26(13-18-31)14-19-32(36)38-23-24(2)28-20-29(34)22-30(35)21-28/h12-14,17-22,24-25,27H,3-11,15-16,23,34-35H2,1-2H3/b19-14+. The number of benzene rings is 2. The second-order valence-electron chi connectivity index (χ2n) is 11.1. The summed E-state index contributed by atoms with van der Waals surface area (Å²) in [6.07, 6.45) is 16.5. The van der Waals surface area contributed by atoms with Crippen molar-refractivity contribution in [2.45, 2.75) is 90.4 Å². The third-order valence-corrected chi connectivity index (χ3v) is 7.70. The Kier molecular flexibility index (Phi) is 12.4. The zero-order chi connectivity index (χ0) is 28.0. The Bertz CT molecular complexity index is 1050. The molecule has 0 bridgehead atoms. The van der Waals surface area contributed by atoms with Crippen LogP contribution in [0.15, 0.2) is 48.5 Å². The Morgan fingerprint density at radius 3 is 2.23 bits per heavy atom. The van der Waals surface area contributed by atoms with E-state index in [1.54, 1.807) is 24.3 Å². The number of carbonyl (C=O) groups is 2. The molecule has 2 aromatic rings. The summed E-state index contributed by atoms with van der Waals surface area (Å²) in [6, 6.07) is 12.5. The van der Waals surface area contributed by atoms with Crippen LogP contribution < -0.4 is 16.2 Å². The summed E-state index contributed by atoms with van der Waals surface area (Å²) in [5.41, 5.74) is 14.6. The highest BCUT2D eigenvalue weighted by Crippen LogP contribution is 2.33. The summed E-state index contributed by atoms with van der Waals surface area (Å²) in [7, 11) is 0. The maximum absolute atomic E-state index is 12.7. The molecule has 1 unspecified atom stereocenters. The highest BCUT2D eigenvalue weighted by atomic mass is 16.5. The van der Waals surface area contributed by atoms with Crippen LogP contribution in [0.2, 0.25) is 0 Å². The van der Waals surface area contributed by atoms with E-state index in [4.69, 9.17) is 20.9 Å². The fourth-order valence-corrected chi connectivity index (χ4v) is 5.25. The molecule has 6 heteroatoms. The molecule has 1 aliphatic rings. The smallest absolute Gasteiger partial charge is 0.330 e. The first kappa shape index (κ1) is 30.3. The molecule has 0 heterocycles. The average Bonchev–Trinajstić information content (AvgIpc) is 2.93. The summed E-state index contributed by atoms with van der Waals surface area (Å²) >= 11 is 0. The number of esters is 2. The van der Waals surface area contributed by atoms with Crippen LogP contribution in [-0.2, 0) is 14.3 Å². The summed E-state index contributed by atoms with van der Waals surface area (Å²) < 4.78 is 11.0. The maximum atomic E-state index is 12.7. The average molecular weight is 535 g/mol. The Morgan fingerprint density at radius 2 is 1.56 bits per heavy atom. The largest absolute Gasteiger partial charge is 0.462 e. The molecule has 0 spiro atoms. The van der Waals surface area contributed by atoms with Crippen LogP contribution in [0, 0.1) is 11.8 Å². The minimum absolute atomic E-state index is 0.00805. The monoisotopic (exact) mass is 534 g/mol. The lowest BCUT2D eigenvalue weighted by molar-refractivity contribution is -0.140. The molecule has 1 aliphatic carbocycles. The Labute approximate surface area is 234 Å².